The number of carbonyl (C=O) groups is 1. The first-order valence-corrected chi connectivity index (χ1v) is 8.59. The van der Waals surface area contributed by atoms with Gasteiger partial charge in [-0.1, -0.05) is 11.8 Å². The number of aromatic nitrogens is 3. The van der Waals surface area contributed by atoms with Gasteiger partial charge in [-0.15, -0.1) is 10.2 Å². The highest BCUT2D eigenvalue weighted by atomic mass is 32.2. The number of methoxy groups -OCH3 is 2. The third-order valence-corrected chi connectivity index (χ3v) is 4.85. The average Bonchev–Trinajstić information content (AvgIpc) is 3.34. The number of hydrogen-bond acceptors (Lipinski definition) is 6. The molecule has 1 amide bonds. The topological polar surface area (TPSA) is 78.3 Å². The largest absolute Gasteiger partial charge is 0.493 e. The van der Waals surface area contributed by atoms with Crippen LogP contribution in [0.15, 0.2) is 29.7 Å². The number of carbonyl (C=O) groups excluding carboxylic acids is 1. The average molecular weight is 348 g/mol. The smallest absolute Gasteiger partial charge is 0.237 e. The molecule has 0 unspecified atom stereocenters. The van der Waals surface area contributed by atoms with Crippen molar-refractivity contribution in [2.24, 2.45) is 0 Å². The molecule has 0 bridgehead atoms. The van der Waals surface area contributed by atoms with Crippen LogP contribution in [0, 0.1) is 0 Å². The second-order valence-corrected chi connectivity index (χ2v) is 6.88. The van der Waals surface area contributed by atoms with Crippen molar-refractivity contribution < 1.29 is 14.3 Å². The highest BCUT2D eigenvalue weighted by molar-refractivity contribution is 8.00. The Morgan fingerprint density at radius 3 is 2.75 bits per heavy atom. The second-order valence-electron chi connectivity index (χ2n) is 5.57. The molecule has 1 N–H and O–H groups in total. The molecule has 1 atom stereocenters. The van der Waals surface area contributed by atoms with E-state index in [1.165, 1.54) is 11.8 Å². The quantitative estimate of drug-likeness (QED) is 0.775. The van der Waals surface area contributed by atoms with Crippen molar-refractivity contribution in [2.75, 3.05) is 19.5 Å². The van der Waals surface area contributed by atoms with Crippen molar-refractivity contribution in [1.29, 1.82) is 0 Å². The number of benzene rings is 1. The van der Waals surface area contributed by atoms with Gasteiger partial charge in [0.1, 0.15) is 6.33 Å². The minimum Gasteiger partial charge on any atom is -0.493 e. The van der Waals surface area contributed by atoms with E-state index in [2.05, 4.69) is 15.5 Å². The number of rotatable bonds is 7. The van der Waals surface area contributed by atoms with Crippen molar-refractivity contribution in [3.63, 3.8) is 0 Å². The first-order chi connectivity index (χ1) is 11.6. The Bertz CT molecular complexity index is 730. The Balaban J connectivity index is 1.64. The number of hydrogen-bond donors (Lipinski definition) is 1. The summed E-state index contributed by atoms with van der Waals surface area (Å²) in [5, 5.41) is 11.5. The highest BCUT2D eigenvalue weighted by Gasteiger charge is 2.28. The summed E-state index contributed by atoms with van der Waals surface area (Å²) in [6.07, 6.45) is 4.04. The molecule has 1 aromatic heterocycles. The first kappa shape index (κ1) is 16.6. The molecule has 0 aliphatic heterocycles. The van der Waals surface area contributed by atoms with Crippen LogP contribution in [0.1, 0.15) is 25.8 Å². The molecule has 2 aromatic rings. The molecule has 1 fully saturated rings. The van der Waals surface area contributed by atoms with Gasteiger partial charge in [-0.25, -0.2) is 0 Å². The highest BCUT2D eigenvalue weighted by Crippen LogP contribution is 2.38. The molecule has 1 aliphatic carbocycles. The molecule has 24 heavy (non-hydrogen) atoms. The molecule has 0 spiro atoms. The number of ether oxygens (including phenoxy) is 2. The molecule has 1 saturated carbocycles. The molecule has 128 valence electrons. The van der Waals surface area contributed by atoms with Gasteiger partial charge < -0.3 is 19.4 Å². The van der Waals surface area contributed by atoms with Crippen LogP contribution in [-0.2, 0) is 4.79 Å². The Kier molecular flexibility index (Phi) is 4.94. The SMILES string of the molecule is COc1ccc(NC(=O)[C@@H](C)Sc2nncn2C2CC2)cc1OC. The van der Waals surface area contributed by atoms with E-state index in [1.54, 1.807) is 38.7 Å². The van der Waals surface area contributed by atoms with Gasteiger partial charge in [0.2, 0.25) is 5.91 Å². The number of nitrogens with zero attached hydrogens (tertiary/aromatic N) is 3. The van der Waals surface area contributed by atoms with Crippen LogP contribution in [-0.4, -0.2) is 40.1 Å². The fraction of sp³-hybridized carbons (Fsp3) is 0.438. The number of nitrogens with one attached hydrogen (secondary N) is 1. The summed E-state index contributed by atoms with van der Waals surface area (Å²) >= 11 is 1.41. The molecule has 1 aliphatic rings. The molecule has 8 heteroatoms. The van der Waals surface area contributed by atoms with Crippen LogP contribution in [0.5, 0.6) is 11.5 Å². The van der Waals surface area contributed by atoms with Crippen LogP contribution in [0.3, 0.4) is 0 Å². The minimum absolute atomic E-state index is 0.0995. The predicted molar refractivity (Wildman–Crippen MR) is 91.8 cm³/mol. The van der Waals surface area contributed by atoms with Crippen LogP contribution in [0.4, 0.5) is 5.69 Å². The van der Waals surface area contributed by atoms with Gasteiger partial charge in [0.25, 0.3) is 0 Å². The van der Waals surface area contributed by atoms with Gasteiger partial charge in [-0.3, -0.25) is 4.79 Å². The first-order valence-electron chi connectivity index (χ1n) is 7.71. The van der Waals surface area contributed by atoms with Crippen molar-refractivity contribution in [2.45, 2.75) is 36.2 Å². The molecular formula is C16H20N4O3S. The molecule has 1 aromatic carbocycles. The lowest BCUT2D eigenvalue weighted by molar-refractivity contribution is -0.115. The standard InChI is InChI=1S/C16H20N4O3S/c1-10(24-16-19-17-9-20(16)12-5-6-12)15(21)18-11-4-7-13(22-2)14(8-11)23-3/h4,7-10,12H,5-6H2,1-3H3,(H,18,21)/t10-/m1/s1. The fourth-order valence-corrected chi connectivity index (χ4v) is 3.18. The van der Waals surface area contributed by atoms with Gasteiger partial charge in [0.05, 0.1) is 19.5 Å². The Morgan fingerprint density at radius 1 is 1.33 bits per heavy atom. The summed E-state index contributed by atoms with van der Waals surface area (Å²) in [5.74, 6) is 1.09. The zero-order chi connectivity index (χ0) is 17.1. The van der Waals surface area contributed by atoms with Crippen molar-refractivity contribution in [3.8, 4) is 11.5 Å². The van der Waals surface area contributed by atoms with Gasteiger partial charge in [-0.2, -0.15) is 0 Å². The lowest BCUT2D eigenvalue weighted by Gasteiger charge is -2.14. The van der Waals surface area contributed by atoms with Gasteiger partial charge in [0, 0.05) is 17.8 Å². The van der Waals surface area contributed by atoms with Crippen LogP contribution >= 0.6 is 11.8 Å². The molecule has 0 saturated heterocycles. The van der Waals surface area contributed by atoms with E-state index in [-0.39, 0.29) is 11.2 Å². The zero-order valence-electron chi connectivity index (χ0n) is 13.9. The van der Waals surface area contributed by atoms with Crippen molar-refractivity contribution in [3.05, 3.63) is 24.5 Å². The Morgan fingerprint density at radius 2 is 2.08 bits per heavy atom. The summed E-state index contributed by atoms with van der Waals surface area (Å²) in [7, 11) is 3.14. The molecule has 1 heterocycles. The normalized spacial score (nSPS) is 15.0. The summed E-state index contributed by atoms with van der Waals surface area (Å²) in [5.41, 5.74) is 0.661. The monoisotopic (exact) mass is 348 g/mol. The van der Waals surface area contributed by atoms with E-state index in [0.717, 1.165) is 18.0 Å². The number of anilines is 1. The summed E-state index contributed by atoms with van der Waals surface area (Å²) in [6.45, 7) is 1.85. The Hall–Kier alpha value is -2.22. The fourth-order valence-electron chi connectivity index (χ4n) is 2.29. The van der Waals surface area contributed by atoms with Gasteiger partial charge in [0.15, 0.2) is 16.7 Å². The third kappa shape index (κ3) is 3.64. The lowest BCUT2D eigenvalue weighted by Crippen LogP contribution is -2.22. The maximum absolute atomic E-state index is 12.4. The number of thioether (sulfide) groups is 1. The predicted octanol–water partition coefficient (Wildman–Crippen LogP) is 2.75. The molecule has 7 nitrogen and oxygen atoms in total. The molecular weight excluding hydrogens is 328 g/mol. The van der Waals surface area contributed by atoms with E-state index in [9.17, 15) is 4.79 Å². The summed E-state index contributed by atoms with van der Waals surface area (Å²) in [4.78, 5) is 12.4. The zero-order valence-corrected chi connectivity index (χ0v) is 14.7. The Labute approximate surface area is 144 Å². The molecule has 3 rings (SSSR count). The lowest BCUT2D eigenvalue weighted by atomic mass is 10.2. The number of amides is 1. The van der Waals surface area contributed by atoms with Gasteiger partial charge in [-0.05, 0) is 31.9 Å². The second kappa shape index (κ2) is 7.12. The van der Waals surface area contributed by atoms with E-state index in [0.29, 0.717) is 23.2 Å². The third-order valence-electron chi connectivity index (χ3n) is 3.78. The molecule has 0 radical (unpaired) electrons. The summed E-state index contributed by atoms with van der Waals surface area (Å²) < 4.78 is 12.5. The summed E-state index contributed by atoms with van der Waals surface area (Å²) in [6, 6.07) is 5.77. The minimum atomic E-state index is -0.292. The van der Waals surface area contributed by atoms with Gasteiger partial charge >= 0.3 is 0 Å². The van der Waals surface area contributed by atoms with Crippen LogP contribution in [0.25, 0.3) is 0 Å². The van der Waals surface area contributed by atoms with Crippen LogP contribution in [0.2, 0.25) is 0 Å². The maximum Gasteiger partial charge on any atom is 0.237 e. The van der Waals surface area contributed by atoms with E-state index in [4.69, 9.17) is 9.47 Å². The van der Waals surface area contributed by atoms with E-state index < -0.39 is 0 Å². The van der Waals surface area contributed by atoms with Crippen molar-refractivity contribution in [1.82, 2.24) is 14.8 Å². The van der Waals surface area contributed by atoms with Crippen molar-refractivity contribution >= 4 is 23.4 Å². The van der Waals surface area contributed by atoms with E-state index >= 15 is 0 Å². The van der Waals surface area contributed by atoms with Crippen LogP contribution < -0.4 is 14.8 Å². The van der Waals surface area contributed by atoms with E-state index in [1.807, 2.05) is 11.5 Å². The maximum atomic E-state index is 12.4.